The van der Waals surface area contributed by atoms with Gasteiger partial charge in [0, 0.05) is 25.4 Å². The van der Waals surface area contributed by atoms with Crippen LogP contribution in [-0.4, -0.2) is 35.5 Å². The Balaban J connectivity index is 2.09. The zero-order valence-corrected chi connectivity index (χ0v) is 14.8. The maximum atomic E-state index is 12.3. The first kappa shape index (κ1) is 17.5. The molecule has 1 amide bonds. The molecule has 0 saturated carbocycles. The maximum absolute atomic E-state index is 12.3. The standard InChI is InChI=1S/C19H27NO3/c1-13-7-6-8-14(2)16(13)11-15-12-20(10-9-17(15)21)18(22)23-19(3,4)5/h6-8,15H,9-12H2,1-5H3. The number of hydrogen-bond acceptors (Lipinski definition) is 3. The van der Waals surface area contributed by atoms with E-state index in [0.717, 1.165) is 0 Å². The average molecular weight is 317 g/mol. The second kappa shape index (κ2) is 6.73. The van der Waals surface area contributed by atoms with E-state index in [9.17, 15) is 9.59 Å². The minimum absolute atomic E-state index is 0.143. The first-order chi connectivity index (χ1) is 10.7. The quantitative estimate of drug-likeness (QED) is 0.836. The van der Waals surface area contributed by atoms with E-state index in [2.05, 4.69) is 26.0 Å². The summed E-state index contributed by atoms with van der Waals surface area (Å²) in [4.78, 5) is 26.2. The van der Waals surface area contributed by atoms with Crippen LogP contribution >= 0.6 is 0 Å². The molecule has 4 nitrogen and oxygen atoms in total. The zero-order chi connectivity index (χ0) is 17.2. The Labute approximate surface area is 138 Å². The Morgan fingerprint density at radius 1 is 1.26 bits per heavy atom. The summed E-state index contributed by atoms with van der Waals surface area (Å²) in [7, 11) is 0. The average Bonchev–Trinajstić information content (AvgIpc) is 2.43. The van der Waals surface area contributed by atoms with Gasteiger partial charge in [0.2, 0.25) is 0 Å². The van der Waals surface area contributed by atoms with Crippen molar-refractivity contribution < 1.29 is 14.3 Å². The lowest BCUT2D eigenvalue weighted by Gasteiger charge is -2.33. The molecular weight excluding hydrogens is 290 g/mol. The molecule has 4 heteroatoms. The number of benzene rings is 1. The first-order valence-corrected chi connectivity index (χ1v) is 8.23. The molecule has 0 spiro atoms. The fourth-order valence-corrected chi connectivity index (χ4v) is 3.00. The molecule has 126 valence electrons. The van der Waals surface area contributed by atoms with Gasteiger partial charge in [-0.05, 0) is 57.7 Å². The Kier molecular flexibility index (Phi) is 5.12. The Morgan fingerprint density at radius 3 is 2.43 bits per heavy atom. The number of Topliss-reactive ketones (excluding diaryl/α,β-unsaturated/α-hetero) is 1. The first-order valence-electron chi connectivity index (χ1n) is 8.23. The van der Waals surface area contributed by atoms with Gasteiger partial charge >= 0.3 is 6.09 Å². The van der Waals surface area contributed by atoms with E-state index in [4.69, 9.17) is 4.74 Å². The lowest BCUT2D eigenvalue weighted by Crippen LogP contribution is -2.46. The lowest BCUT2D eigenvalue weighted by atomic mass is 9.87. The number of likely N-dealkylation sites (tertiary alicyclic amines) is 1. The third-order valence-electron chi connectivity index (χ3n) is 4.27. The number of aryl methyl sites for hydroxylation is 2. The summed E-state index contributed by atoms with van der Waals surface area (Å²) >= 11 is 0. The van der Waals surface area contributed by atoms with Crippen LogP contribution in [0.5, 0.6) is 0 Å². The van der Waals surface area contributed by atoms with Crippen molar-refractivity contribution in [2.24, 2.45) is 5.92 Å². The van der Waals surface area contributed by atoms with Gasteiger partial charge in [0.25, 0.3) is 0 Å². The van der Waals surface area contributed by atoms with E-state index in [-0.39, 0.29) is 17.8 Å². The molecule has 1 unspecified atom stereocenters. The number of hydrogen-bond donors (Lipinski definition) is 0. The molecule has 0 radical (unpaired) electrons. The van der Waals surface area contributed by atoms with Crippen LogP contribution in [0.2, 0.25) is 0 Å². The molecule has 1 atom stereocenters. The van der Waals surface area contributed by atoms with Crippen molar-refractivity contribution in [3.05, 3.63) is 34.9 Å². The predicted octanol–water partition coefficient (Wildman–Crippen LogP) is 3.67. The highest BCUT2D eigenvalue weighted by Crippen LogP contribution is 2.23. The summed E-state index contributed by atoms with van der Waals surface area (Å²) in [6, 6.07) is 6.17. The molecule has 1 heterocycles. The van der Waals surface area contributed by atoms with E-state index in [0.29, 0.717) is 25.9 Å². The van der Waals surface area contributed by atoms with Gasteiger partial charge in [-0.2, -0.15) is 0 Å². The third kappa shape index (κ3) is 4.57. The molecule has 0 bridgehead atoms. The van der Waals surface area contributed by atoms with Gasteiger partial charge in [0.15, 0.2) is 0 Å². The highest BCUT2D eigenvalue weighted by Gasteiger charge is 2.32. The molecule has 1 aliphatic rings. The van der Waals surface area contributed by atoms with Crippen LogP contribution in [0.25, 0.3) is 0 Å². The minimum Gasteiger partial charge on any atom is -0.444 e. The van der Waals surface area contributed by atoms with Crippen LogP contribution in [0.15, 0.2) is 18.2 Å². The van der Waals surface area contributed by atoms with Crippen molar-refractivity contribution >= 4 is 11.9 Å². The van der Waals surface area contributed by atoms with Crippen LogP contribution < -0.4 is 0 Å². The minimum atomic E-state index is -0.513. The van der Waals surface area contributed by atoms with Crippen molar-refractivity contribution in [2.45, 2.75) is 53.1 Å². The second-order valence-corrected chi connectivity index (χ2v) is 7.41. The summed E-state index contributed by atoms with van der Waals surface area (Å²) in [6.07, 6.45) is 0.780. The van der Waals surface area contributed by atoms with Gasteiger partial charge in [-0.1, -0.05) is 18.2 Å². The van der Waals surface area contributed by atoms with Crippen LogP contribution in [0.1, 0.15) is 43.9 Å². The maximum Gasteiger partial charge on any atom is 0.410 e. The lowest BCUT2D eigenvalue weighted by molar-refractivity contribution is -0.125. The van der Waals surface area contributed by atoms with Crippen LogP contribution in [-0.2, 0) is 16.0 Å². The van der Waals surface area contributed by atoms with E-state index in [1.54, 1.807) is 4.90 Å². The number of ether oxygens (including phenoxy) is 1. The van der Waals surface area contributed by atoms with Crippen molar-refractivity contribution in [3.8, 4) is 0 Å². The molecule has 0 N–H and O–H groups in total. The van der Waals surface area contributed by atoms with Crippen molar-refractivity contribution in [1.29, 1.82) is 0 Å². The molecule has 1 aliphatic heterocycles. The Hall–Kier alpha value is -1.84. The summed E-state index contributed by atoms with van der Waals surface area (Å²) in [5.41, 5.74) is 3.11. The molecule has 0 aliphatic carbocycles. The van der Waals surface area contributed by atoms with E-state index >= 15 is 0 Å². The Bertz CT molecular complexity index is 581. The van der Waals surface area contributed by atoms with Crippen LogP contribution in [0.3, 0.4) is 0 Å². The highest BCUT2D eigenvalue weighted by molar-refractivity contribution is 5.84. The summed E-state index contributed by atoms with van der Waals surface area (Å²) in [5, 5.41) is 0. The van der Waals surface area contributed by atoms with Gasteiger partial charge in [-0.3, -0.25) is 4.79 Å². The van der Waals surface area contributed by atoms with E-state index in [1.807, 2.05) is 26.8 Å². The van der Waals surface area contributed by atoms with Crippen molar-refractivity contribution in [3.63, 3.8) is 0 Å². The second-order valence-electron chi connectivity index (χ2n) is 7.41. The summed E-state index contributed by atoms with van der Waals surface area (Å²) < 4.78 is 5.43. The zero-order valence-electron chi connectivity index (χ0n) is 14.8. The third-order valence-corrected chi connectivity index (χ3v) is 4.27. The summed E-state index contributed by atoms with van der Waals surface area (Å²) in [6.45, 7) is 10.6. The molecule has 2 rings (SSSR count). The molecule has 1 aromatic carbocycles. The van der Waals surface area contributed by atoms with Gasteiger partial charge in [0.1, 0.15) is 11.4 Å². The SMILES string of the molecule is Cc1cccc(C)c1CC1CN(C(=O)OC(C)(C)C)CCC1=O. The van der Waals surface area contributed by atoms with Crippen molar-refractivity contribution in [2.75, 3.05) is 13.1 Å². The van der Waals surface area contributed by atoms with Crippen LogP contribution in [0.4, 0.5) is 4.79 Å². The fourth-order valence-electron chi connectivity index (χ4n) is 3.00. The van der Waals surface area contributed by atoms with E-state index in [1.165, 1.54) is 16.7 Å². The molecule has 1 fully saturated rings. The van der Waals surface area contributed by atoms with Crippen molar-refractivity contribution in [1.82, 2.24) is 4.90 Å². The number of amides is 1. The monoisotopic (exact) mass is 317 g/mol. The number of nitrogens with zero attached hydrogens (tertiary/aromatic N) is 1. The largest absolute Gasteiger partial charge is 0.444 e. The number of carbonyl (C=O) groups excluding carboxylic acids is 2. The highest BCUT2D eigenvalue weighted by atomic mass is 16.6. The summed E-state index contributed by atoms with van der Waals surface area (Å²) in [5.74, 6) is 0.100. The Morgan fingerprint density at radius 2 is 1.87 bits per heavy atom. The van der Waals surface area contributed by atoms with Gasteiger partial charge < -0.3 is 9.64 Å². The topological polar surface area (TPSA) is 46.6 Å². The number of rotatable bonds is 2. The number of ketones is 1. The molecule has 0 aromatic heterocycles. The molecular formula is C19H27NO3. The van der Waals surface area contributed by atoms with Crippen LogP contribution in [0, 0.1) is 19.8 Å². The van der Waals surface area contributed by atoms with Gasteiger partial charge in [0.05, 0.1) is 0 Å². The predicted molar refractivity (Wildman–Crippen MR) is 90.5 cm³/mol. The smallest absolute Gasteiger partial charge is 0.410 e. The molecule has 23 heavy (non-hydrogen) atoms. The molecule has 1 saturated heterocycles. The van der Waals surface area contributed by atoms with Gasteiger partial charge in [-0.25, -0.2) is 4.79 Å². The number of piperidine rings is 1. The normalized spacial score (nSPS) is 18.9. The molecule has 1 aromatic rings. The van der Waals surface area contributed by atoms with E-state index < -0.39 is 5.60 Å². The fraction of sp³-hybridized carbons (Fsp3) is 0.579. The van der Waals surface area contributed by atoms with Gasteiger partial charge in [-0.15, -0.1) is 0 Å². The number of carbonyl (C=O) groups is 2.